The van der Waals surface area contributed by atoms with Gasteiger partial charge in [0, 0.05) is 21.7 Å². The van der Waals surface area contributed by atoms with E-state index in [1.807, 2.05) is 54.6 Å². The highest BCUT2D eigenvalue weighted by Crippen LogP contribution is 2.38. The van der Waals surface area contributed by atoms with Gasteiger partial charge in [-0.25, -0.2) is 0 Å². The molecule has 0 atom stereocenters. The van der Waals surface area contributed by atoms with Crippen LogP contribution >= 0.6 is 15.9 Å². The van der Waals surface area contributed by atoms with Gasteiger partial charge in [0.15, 0.2) is 12.6 Å². The third kappa shape index (κ3) is 4.33. The molecular formula is C26H19BrO5. The Morgan fingerprint density at radius 3 is 2.81 bits per heavy atom. The summed E-state index contributed by atoms with van der Waals surface area (Å²) in [5.74, 6) is 1.90. The predicted molar refractivity (Wildman–Crippen MR) is 125 cm³/mol. The highest BCUT2D eigenvalue weighted by Gasteiger charge is 2.28. The molecule has 5 rings (SSSR count). The number of ether oxygens (including phenoxy) is 4. The zero-order valence-electron chi connectivity index (χ0n) is 17.0. The lowest BCUT2D eigenvalue weighted by atomic mass is 10.1. The number of hydrogen-bond acceptors (Lipinski definition) is 5. The number of ketones is 1. The van der Waals surface area contributed by atoms with E-state index in [1.54, 1.807) is 24.3 Å². The summed E-state index contributed by atoms with van der Waals surface area (Å²) in [6.07, 6.45) is 5.65. The van der Waals surface area contributed by atoms with E-state index in [1.165, 1.54) is 0 Å². The van der Waals surface area contributed by atoms with Gasteiger partial charge in [0.2, 0.25) is 5.78 Å². The number of allylic oxidation sites excluding steroid dienone is 1. The van der Waals surface area contributed by atoms with Crippen LogP contribution in [0.2, 0.25) is 0 Å². The minimum atomic E-state index is -0.170. The van der Waals surface area contributed by atoms with Crippen LogP contribution in [-0.4, -0.2) is 19.2 Å². The lowest BCUT2D eigenvalue weighted by Crippen LogP contribution is -2.12. The smallest absolute Gasteiger partial charge is 0.231 e. The summed E-state index contributed by atoms with van der Waals surface area (Å²) in [5.41, 5.74) is 3.30. The minimum absolute atomic E-state index is 0.170. The molecule has 3 aromatic carbocycles. The first-order valence-electron chi connectivity index (χ1n) is 10.1. The topological polar surface area (TPSA) is 54.0 Å². The largest absolute Gasteiger partial charge is 0.489 e. The molecule has 2 aliphatic heterocycles. The van der Waals surface area contributed by atoms with Crippen molar-refractivity contribution in [2.24, 2.45) is 0 Å². The molecule has 6 heteroatoms. The van der Waals surface area contributed by atoms with Gasteiger partial charge in [-0.05, 0) is 42.0 Å². The van der Waals surface area contributed by atoms with E-state index in [-0.39, 0.29) is 18.3 Å². The number of rotatable bonds is 5. The number of benzene rings is 3. The molecule has 0 saturated heterocycles. The van der Waals surface area contributed by atoms with Crippen LogP contribution in [0.25, 0.3) is 12.2 Å². The fourth-order valence-corrected chi connectivity index (χ4v) is 4.13. The maximum absolute atomic E-state index is 12.9. The zero-order valence-corrected chi connectivity index (χ0v) is 18.6. The summed E-state index contributed by atoms with van der Waals surface area (Å²) in [7, 11) is 0. The van der Waals surface area contributed by atoms with Crippen LogP contribution in [0.15, 0.2) is 77.0 Å². The summed E-state index contributed by atoms with van der Waals surface area (Å²) < 4.78 is 23.6. The van der Waals surface area contributed by atoms with Crippen LogP contribution in [0.4, 0.5) is 0 Å². The van der Waals surface area contributed by atoms with Gasteiger partial charge in [-0.15, -0.1) is 0 Å². The first-order chi connectivity index (χ1) is 15.7. The van der Waals surface area contributed by atoms with Crippen LogP contribution in [0.3, 0.4) is 0 Å². The van der Waals surface area contributed by atoms with Crippen molar-refractivity contribution in [2.45, 2.75) is 6.61 Å². The second kappa shape index (κ2) is 9.02. The van der Waals surface area contributed by atoms with E-state index in [9.17, 15) is 4.79 Å². The summed E-state index contributed by atoms with van der Waals surface area (Å²) in [5, 5.41) is 0. The van der Waals surface area contributed by atoms with Crippen LogP contribution in [0, 0.1) is 0 Å². The second-order valence-electron chi connectivity index (χ2n) is 7.32. The van der Waals surface area contributed by atoms with Crippen molar-refractivity contribution in [2.75, 3.05) is 13.4 Å². The highest BCUT2D eigenvalue weighted by molar-refractivity contribution is 9.10. The molecule has 0 N–H and O–H groups in total. The predicted octanol–water partition coefficient (Wildman–Crippen LogP) is 6.02. The molecular weight excluding hydrogens is 472 g/mol. The van der Waals surface area contributed by atoms with E-state index in [4.69, 9.17) is 18.9 Å². The molecule has 0 spiro atoms. The Morgan fingerprint density at radius 1 is 1.06 bits per heavy atom. The molecule has 160 valence electrons. The van der Waals surface area contributed by atoms with Gasteiger partial charge >= 0.3 is 0 Å². The normalized spacial score (nSPS) is 15.9. The molecule has 3 aromatic rings. The van der Waals surface area contributed by atoms with Crippen LogP contribution < -0.4 is 14.2 Å². The Morgan fingerprint density at radius 2 is 1.94 bits per heavy atom. The van der Waals surface area contributed by atoms with Gasteiger partial charge in [0.05, 0.1) is 12.2 Å². The summed E-state index contributed by atoms with van der Waals surface area (Å²) >= 11 is 3.50. The highest BCUT2D eigenvalue weighted by atomic mass is 79.9. The average Bonchev–Trinajstić information content (AvgIpc) is 3.12. The van der Waals surface area contributed by atoms with Crippen molar-refractivity contribution < 1.29 is 23.7 Å². The zero-order chi connectivity index (χ0) is 21.9. The number of halogens is 1. The number of Topliss-reactive ketones (excluding diaryl/α,β-unsaturated/α-hetero) is 1. The van der Waals surface area contributed by atoms with E-state index < -0.39 is 0 Å². The molecule has 0 radical (unpaired) electrons. The Hall–Kier alpha value is -3.35. The maximum Gasteiger partial charge on any atom is 0.231 e. The molecule has 0 amide bonds. The van der Waals surface area contributed by atoms with Crippen LogP contribution in [-0.2, 0) is 11.3 Å². The standard InChI is InChI=1S/C26H19BrO5/c27-20-11-18(26-19(12-20)15-29-16-31-26)13-24-25(28)22-9-8-21(14-23(22)32-24)30-10-4-7-17-5-2-1-3-6-17/h1-9,11-14H,10,15-16H2. The Labute approximate surface area is 194 Å². The van der Waals surface area contributed by atoms with E-state index in [0.29, 0.717) is 36.0 Å². The molecule has 0 aromatic heterocycles. The molecule has 2 aliphatic rings. The van der Waals surface area contributed by atoms with Gasteiger partial charge in [0.25, 0.3) is 0 Å². The van der Waals surface area contributed by atoms with Crippen molar-refractivity contribution >= 4 is 33.9 Å². The lowest BCUT2D eigenvalue weighted by molar-refractivity contribution is -0.0165. The van der Waals surface area contributed by atoms with Crippen LogP contribution in [0.1, 0.15) is 27.0 Å². The SMILES string of the molecule is O=C1C(=Cc2cc(Br)cc3c2OCOC3)Oc2cc(OCC=Cc3ccccc3)ccc21. The fraction of sp³-hybridized carbons (Fsp3) is 0.115. The Bertz CT molecular complexity index is 1230. The van der Waals surface area contributed by atoms with Crippen molar-refractivity contribution in [3.05, 3.63) is 99.2 Å². The molecule has 0 aliphatic carbocycles. The Kier molecular flexibility index (Phi) is 5.79. The van der Waals surface area contributed by atoms with Crippen molar-refractivity contribution in [3.63, 3.8) is 0 Å². The molecule has 32 heavy (non-hydrogen) atoms. The summed E-state index contributed by atoms with van der Waals surface area (Å²) in [6, 6.07) is 19.1. The van der Waals surface area contributed by atoms with E-state index in [2.05, 4.69) is 15.9 Å². The summed E-state index contributed by atoms with van der Waals surface area (Å²) in [6.45, 7) is 1.05. The monoisotopic (exact) mass is 490 g/mol. The molecule has 2 heterocycles. The first-order valence-corrected chi connectivity index (χ1v) is 10.9. The second-order valence-corrected chi connectivity index (χ2v) is 8.23. The van der Waals surface area contributed by atoms with Crippen molar-refractivity contribution in [1.82, 2.24) is 0 Å². The molecule has 0 saturated carbocycles. The van der Waals surface area contributed by atoms with Gasteiger partial charge in [-0.3, -0.25) is 4.79 Å². The third-order valence-corrected chi connectivity index (χ3v) is 5.55. The number of fused-ring (bicyclic) bond motifs is 2. The van der Waals surface area contributed by atoms with Gasteiger partial charge < -0.3 is 18.9 Å². The quantitative estimate of drug-likeness (QED) is 0.409. The van der Waals surface area contributed by atoms with Crippen LogP contribution in [0.5, 0.6) is 17.2 Å². The number of hydrogen-bond donors (Lipinski definition) is 0. The molecule has 0 unspecified atom stereocenters. The van der Waals surface area contributed by atoms with Gasteiger partial charge in [0.1, 0.15) is 23.9 Å². The Balaban J connectivity index is 1.32. The first kappa shape index (κ1) is 20.5. The average molecular weight is 491 g/mol. The maximum atomic E-state index is 12.9. The third-order valence-electron chi connectivity index (χ3n) is 5.09. The summed E-state index contributed by atoms with van der Waals surface area (Å²) in [4.78, 5) is 12.9. The molecule has 0 bridgehead atoms. The van der Waals surface area contributed by atoms with Crippen molar-refractivity contribution in [1.29, 1.82) is 0 Å². The van der Waals surface area contributed by atoms with Crippen molar-refractivity contribution in [3.8, 4) is 17.2 Å². The van der Waals surface area contributed by atoms with Gasteiger partial charge in [-0.2, -0.15) is 0 Å². The fourth-order valence-electron chi connectivity index (χ4n) is 3.61. The molecule has 5 nitrogen and oxygen atoms in total. The lowest BCUT2D eigenvalue weighted by Gasteiger charge is -2.20. The number of carbonyl (C=O) groups excluding carboxylic acids is 1. The minimum Gasteiger partial charge on any atom is -0.489 e. The van der Waals surface area contributed by atoms with E-state index >= 15 is 0 Å². The molecule has 0 fully saturated rings. The van der Waals surface area contributed by atoms with E-state index in [0.717, 1.165) is 21.2 Å². The number of carbonyl (C=O) groups is 1. The van der Waals surface area contributed by atoms with Gasteiger partial charge in [-0.1, -0.05) is 52.3 Å².